The number of fused-ring (bicyclic) bond motifs is 2. The van der Waals surface area contributed by atoms with Gasteiger partial charge in [0.25, 0.3) is 5.56 Å². The number of anilines is 1. The molecule has 3 aromatic heterocycles. The number of hydrogen-bond acceptors (Lipinski definition) is 6. The van der Waals surface area contributed by atoms with Crippen LogP contribution in [0, 0.1) is 0 Å². The fourth-order valence-corrected chi connectivity index (χ4v) is 4.41. The van der Waals surface area contributed by atoms with Crippen molar-refractivity contribution in [3.05, 3.63) is 70.9 Å². The number of rotatable bonds is 4. The van der Waals surface area contributed by atoms with E-state index in [1.54, 1.807) is 10.6 Å². The van der Waals surface area contributed by atoms with Gasteiger partial charge >= 0.3 is 0 Å². The second kappa shape index (κ2) is 8.29. The number of aromatic nitrogens is 3. The quantitative estimate of drug-likeness (QED) is 0.521. The van der Waals surface area contributed by atoms with Gasteiger partial charge in [-0.2, -0.15) is 0 Å². The van der Waals surface area contributed by atoms with Crippen LogP contribution >= 0.6 is 0 Å². The van der Waals surface area contributed by atoms with E-state index in [4.69, 9.17) is 14.2 Å². The van der Waals surface area contributed by atoms with Crippen molar-refractivity contribution in [2.24, 2.45) is 0 Å². The van der Waals surface area contributed by atoms with Crippen molar-refractivity contribution >= 4 is 16.7 Å². The number of benzene rings is 1. The highest BCUT2D eigenvalue weighted by Crippen LogP contribution is 2.32. The van der Waals surface area contributed by atoms with E-state index in [-0.39, 0.29) is 5.56 Å². The molecule has 2 aliphatic heterocycles. The van der Waals surface area contributed by atoms with Crippen molar-refractivity contribution in [2.75, 3.05) is 44.4 Å². The summed E-state index contributed by atoms with van der Waals surface area (Å²) in [5, 5.41) is 1.00. The van der Waals surface area contributed by atoms with Crippen LogP contribution < -0.4 is 19.9 Å². The zero-order valence-electron chi connectivity index (χ0n) is 18.1. The normalized spacial score (nSPS) is 15.7. The summed E-state index contributed by atoms with van der Waals surface area (Å²) in [6.07, 6.45) is 5.65. The van der Waals surface area contributed by atoms with E-state index in [9.17, 15) is 4.79 Å². The van der Waals surface area contributed by atoms with Gasteiger partial charge in [-0.1, -0.05) is 6.07 Å². The SMILES string of the molecule is O=c1cc(-c2c[nH]c3ncc(N4CCOCC4)cc23)ccn1Cc1ccc2c(c1)OCCO2. The maximum absolute atomic E-state index is 12.9. The molecule has 8 heteroatoms. The van der Waals surface area contributed by atoms with E-state index in [1.165, 1.54) is 0 Å². The summed E-state index contributed by atoms with van der Waals surface area (Å²) in [5.41, 5.74) is 4.64. The first-order valence-electron chi connectivity index (χ1n) is 11.1. The maximum Gasteiger partial charge on any atom is 0.251 e. The van der Waals surface area contributed by atoms with E-state index in [1.807, 2.05) is 42.9 Å². The minimum absolute atomic E-state index is 0.0611. The Kier molecular flexibility index (Phi) is 4.99. The zero-order valence-corrected chi connectivity index (χ0v) is 18.1. The number of H-pyrrole nitrogens is 1. The van der Waals surface area contributed by atoms with E-state index in [2.05, 4.69) is 20.9 Å². The van der Waals surface area contributed by atoms with E-state index in [0.717, 1.165) is 71.2 Å². The van der Waals surface area contributed by atoms with Gasteiger partial charge in [0.15, 0.2) is 11.5 Å². The molecule has 33 heavy (non-hydrogen) atoms. The van der Waals surface area contributed by atoms with Gasteiger partial charge in [-0.25, -0.2) is 4.98 Å². The van der Waals surface area contributed by atoms with Crippen molar-refractivity contribution in [1.82, 2.24) is 14.5 Å². The van der Waals surface area contributed by atoms with Crippen molar-refractivity contribution < 1.29 is 14.2 Å². The van der Waals surface area contributed by atoms with E-state index < -0.39 is 0 Å². The first-order valence-corrected chi connectivity index (χ1v) is 11.1. The molecule has 1 aromatic carbocycles. The van der Waals surface area contributed by atoms with Crippen molar-refractivity contribution in [1.29, 1.82) is 0 Å². The Balaban J connectivity index is 1.29. The lowest BCUT2D eigenvalue weighted by Gasteiger charge is -2.28. The lowest BCUT2D eigenvalue weighted by molar-refractivity contribution is 0.122. The second-order valence-corrected chi connectivity index (χ2v) is 8.25. The molecule has 0 saturated carbocycles. The third kappa shape index (κ3) is 3.82. The van der Waals surface area contributed by atoms with Crippen LogP contribution in [-0.4, -0.2) is 54.1 Å². The number of hydrogen-bond donors (Lipinski definition) is 1. The Morgan fingerprint density at radius 2 is 1.82 bits per heavy atom. The Morgan fingerprint density at radius 3 is 2.67 bits per heavy atom. The molecule has 5 heterocycles. The van der Waals surface area contributed by atoms with Crippen LogP contribution in [0.5, 0.6) is 11.5 Å². The number of nitrogens with one attached hydrogen (secondary N) is 1. The monoisotopic (exact) mass is 444 g/mol. The molecule has 2 aliphatic rings. The van der Waals surface area contributed by atoms with E-state index in [0.29, 0.717) is 19.8 Å². The summed E-state index contributed by atoms with van der Waals surface area (Å²) in [5.74, 6) is 1.47. The predicted molar refractivity (Wildman–Crippen MR) is 125 cm³/mol. The standard InChI is InChI=1S/C25H24N4O4/c30-24-12-18(3-4-29(24)16-17-1-2-22-23(11-17)33-10-9-32-22)21-15-27-25-20(21)13-19(14-26-25)28-5-7-31-8-6-28/h1-4,11-15H,5-10,16H2,(H,26,27). The lowest BCUT2D eigenvalue weighted by Crippen LogP contribution is -2.36. The molecule has 0 amide bonds. The largest absolute Gasteiger partial charge is 0.486 e. The number of morpholine rings is 1. The van der Waals surface area contributed by atoms with Crippen LogP contribution in [0.15, 0.2) is 59.8 Å². The minimum Gasteiger partial charge on any atom is -0.486 e. The molecule has 1 fully saturated rings. The average Bonchev–Trinajstić information content (AvgIpc) is 3.29. The fraction of sp³-hybridized carbons (Fsp3) is 0.280. The van der Waals surface area contributed by atoms with Gasteiger partial charge in [0.05, 0.1) is 31.6 Å². The molecule has 168 valence electrons. The lowest BCUT2D eigenvalue weighted by atomic mass is 10.1. The Hall–Kier alpha value is -3.78. The number of aromatic amines is 1. The van der Waals surface area contributed by atoms with Crippen LogP contribution in [-0.2, 0) is 11.3 Å². The number of nitrogens with zero attached hydrogens (tertiary/aromatic N) is 3. The van der Waals surface area contributed by atoms with Crippen LogP contribution in [0.2, 0.25) is 0 Å². The Bertz CT molecular complexity index is 1370. The molecule has 0 aliphatic carbocycles. The maximum atomic E-state index is 12.9. The highest BCUT2D eigenvalue weighted by Gasteiger charge is 2.16. The summed E-state index contributed by atoms with van der Waals surface area (Å²) in [6, 6.07) is 11.6. The number of ether oxygens (including phenoxy) is 3. The molecule has 4 aromatic rings. The molecule has 0 spiro atoms. The van der Waals surface area contributed by atoms with Crippen LogP contribution in [0.4, 0.5) is 5.69 Å². The minimum atomic E-state index is -0.0611. The zero-order chi connectivity index (χ0) is 22.2. The molecule has 0 unspecified atom stereocenters. The first-order chi connectivity index (χ1) is 16.2. The average molecular weight is 444 g/mol. The molecule has 1 saturated heterocycles. The molecular formula is C25H24N4O4. The van der Waals surface area contributed by atoms with Crippen molar-refractivity contribution in [3.63, 3.8) is 0 Å². The van der Waals surface area contributed by atoms with Crippen LogP contribution in [0.1, 0.15) is 5.56 Å². The second-order valence-electron chi connectivity index (χ2n) is 8.25. The van der Waals surface area contributed by atoms with Crippen molar-refractivity contribution in [3.8, 4) is 22.6 Å². The van der Waals surface area contributed by atoms with Crippen molar-refractivity contribution in [2.45, 2.75) is 6.54 Å². The Labute approximate surface area is 190 Å². The van der Waals surface area contributed by atoms with Gasteiger partial charge in [0.1, 0.15) is 18.9 Å². The van der Waals surface area contributed by atoms with Gasteiger partial charge in [0, 0.05) is 42.5 Å². The van der Waals surface area contributed by atoms with Gasteiger partial charge < -0.3 is 28.7 Å². The molecule has 0 atom stereocenters. The summed E-state index contributed by atoms with van der Waals surface area (Å²) in [6.45, 7) is 4.71. The van der Waals surface area contributed by atoms with Gasteiger partial charge in [-0.3, -0.25) is 4.79 Å². The first kappa shape index (κ1) is 19.9. The highest BCUT2D eigenvalue weighted by atomic mass is 16.6. The Morgan fingerprint density at radius 1 is 0.970 bits per heavy atom. The van der Waals surface area contributed by atoms with Gasteiger partial charge in [-0.15, -0.1) is 0 Å². The number of pyridine rings is 2. The van der Waals surface area contributed by atoms with Gasteiger partial charge in [-0.05, 0) is 35.4 Å². The topological polar surface area (TPSA) is 81.6 Å². The summed E-state index contributed by atoms with van der Waals surface area (Å²) in [7, 11) is 0. The fourth-order valence-electron chi connectivity index (χ4n) is 4.41. The highest BCUT2D eigenvalue weighted by molar-refractivity contribution is 5.95. The van der Waals surface area contributed by atoms with Crippen LogP contribution in [0.25, 0.3) is 22.2 Å². The van der Waals surface area contributed by atoms with Gasteiger partial charge in [0.2, 0.25) is 0 Å². The van der Waals surface area contributed by atoms with Crippen LogP contribution in [0.3, 0.4) is 0 Å². The molecular weight excluding hydrogens is 420 g/mol. The molecule has 6 rings (SSSR count). The third-order valence-electron chi connectivity index (χ3n) is 6.16. The smallest absolute Gasteiger partial charge is 0.251 e. The van der Waals surface area contributed by atoms with E-state index >= 15 is 0 Å². The third-order valence-corrected chi connectivity index (χ3v) is 6.16. The molecule has 8 nitrogen and oxygen atoms in total. The summed E-state index contributed by atoms with van der Waals surface area (Å²) < 4.78 is 18.4. The molecule has 0 radical (unpaired) electrons. The summed E-state index contributed by atoms with van der Waals surface area (Å²) >= 11 is 0. The summed E-state index contributed by atoms with van der Waals surface area (Å²) in [4.78, 5) is 23.0. The predicted octanol–water partition coefficient (Wildman–Crippen LogP) is 3.05. The molecule has 1 N–H and O–H groups in total. The molecule has 0 bridgehead atoms.